The number of aryl methyl sites for hydroxylation is 1. The molecule has 1 amide bonds. The quantitative estimate of drug-likeness (QED) is 0.269. The average Bonchev–Trinajstić information content (AvgIpc) is 3.00. The zero-order chi connectivity index (χ0) is 17.4. The molecule has 0 saturated heterocycles. The number of nitrogens with one attached hydrogen (secondary N) is 3. The molecule has 0 aliphatic rings. The summed E-state index contributed by atoms with van der Waals surface area (Å²) in [5.41, 5.74) is 1.36. The Morgan fingerprint density at radius 3 is 2.84 bits per heavy atom. The molecule has 2 aromatic rings. The third kappa shape index (κ3) is 6.42. The number of aliphatic imine (C=N–C) groups is 1. The van der Waals surface area contributed by atoms with Crippen LogP contribution in [0.2, 0.25) is 0 Å². The van der Waals surface area contributed by atoms with Crippen LogP contribution in [0.15, 0.2) is 35.6 Å². The minimum absolute atomic E-state index is 0. The van der Waals surface area contributed by atoms with E-state index in [4.69, 9.17) is 6.42 Å². The minimum atomic E-state index is -0.203. The van der Waals surface area contributed by atoms with Crippen molar-refractivity contribution < 1.29 is 4.79 Å². The largest absolute Gasteiger partial charge is 0.349 e. The molecule has 1 aromatic carbocycles. The molecule has 8 nitrogen and oxygen atoms in total. The third-order valence-corrected chi connectivity index (χ3v) is 3.17. The zero-order valence-corrected chi connectivity index (χ0v) is 16.3. The molecule has 25 heavy (non-hydrogen) atoms. The fourth-order valence-electron chi connectivity index (χ4n) is 1.92. The smallest absolute Gasteiger partial charge is 0.243 e. The first-order valence-electron chi connectivity index (χ1n) is 7.26. The summed E-state index contributed by atoms with van der Waals surface area (Å²) < 4.78 is 1.66. The van der Waals surface area contributed by atoms with Crippen molar-refractivity contribution >= 4 is 41.5 Å². The lowest BCUT2D eigenvalue weighted by atomic mass is 10.2. The number of aromatic nitrogens is 3. The van der Waals surface area contributed by atoms with E-state index in [2.05, 4.69) is 36.9 Å². The molecule has 0 aliphatic heterocycles. The molecule has 0 unspecified atom stereocenters. The van der Waals surface area contributed by atoms with Gasteiger partial charge in [-0.25, -0.2) is 4.98 Å². The van der Waals surface area contributed by atoms with Crippen molar-refractivity contribution in [3.05, 3.63) is 42.0 Å². The molecule has 0 bridgehead atoms. The molecule has 1 aromatic heterocycles. The molecule has 132 valence electrons. The van der Waals surface area contributed by atoms with Gasteiger partial charge in [-0.15, -0.1) is 30.4 Å². The van der Waals surface area contributed by atoms with Crippen molar-refractivity contribution in [1.29, 1.82) is 0 Å². The standard InChI is InChI=1S/C16H19N7O.HI/c1-4-12-6-5-7-13(8-12)22-15(24)10-19-16(17-2)18-9-14-20-11-21-23(14)3;/h1,5-8,11H,9-10H2,2-3H3,(H,22,24)(H2,17,18,19);1H. The number of hydrogen-bond donors (Lipinski definition) is 3. The first-order valence-corrected chi connectivity index (χ1v) is 7.26. The van der Waals surface area contributed by atoms with Crippen LogP contribution >= 0.6 is 24.0 Å². The summed E-state index contributed by atoms with van der Waals surface area (Å²) >= 11 is 0. The van der Waals surface area contributed by atoms with Gasteiger partial charge in [0.15, 0.2) is 5.96 Å². The SMILES string of the molecule is C#Cc1cccc(NC(=O)CNC(=NC)NCc2ncnn2C)c1.I. The Bertz CT molecular complexity index is 779. The first kappa shape index (κ1) is 20.4. The molecule has 0 radical (unpaired) electrons. The van der Waals surface area contributed by atoms with Gasteiger partial charge in [0.05, 0.1) is 13.1 Å². The van der Waals surface area contributed by atoms with Gasteiger partial charge in [0.2, 0.25) is 5.91 Å². The maximum atomic E-state index is 12.0. The maximum absolute atomic E-state index is 12.0. The lowest BCUT2D eigenvalue weighted by molar-refractivity contribution is -0.115. The maximum Gasteiger partial charge on any atom is 0.243 e. The molecule has 9 heteroatoms. The summed E-state index contributed by atoms with van der Waals surface area (Å²) in [5, 5.41) is 12.7. The number of anilines is 1. The molecular formula is C16H20IN7O. The summed E-state index contributed by atoms with van der Waals surface area (Å²) in [6, 6.07) is 7.10. The van der Waals surface area contributed by atoms with Gasteiger partial charge in [0, 0.05) is 25.3 Å². The van der Waals surface area contributed by atoms with Gasteiger partial charge >= 0.3 is 0 Å². The van der Waals surface area contributed by atoms with Crippen LogP contribution in [-0.2, 0) is 18.4 Å². The van der Waals surface area contributed by atoms with E-state index in [-0.39, 0.29) is 36.4 Å². The van der Waals surface area contributed by atoms with Crippen molar-refractivity contribution in [3.63, 3.8) is 0 Å². The van der Waals surface area contributed by atoms with Crippen molar-refractivity contribution in [2.75, 3.05) is 18.9 Å². The second-order valence-electron chi connectivity index (χ2n) is 4.85. The fraction of sp³-hybridized carbons (Fsp3) is 0.250. The summed E-state index contributed by atoms with van der Waals surface area (Å²) in [7, 11) is 3.43. The normalized spacial score (nSPS) is 10.4. The molecule has 0 aliphatic carbocycles. The summed E-state index contributed by atoms with van der Waals surface area (Å²) in [6.45, 7) is 0.515. The van der Waals surface area contributed by atoms with Crippen LogP contribution in [0.4, 0.5) is 5.69 Å². The number of guanidine groups is 1. The number of terminal acetylenes is 1. The van der Waals surface area contributed by atoms with Crippen LogP contribution < -0.4 is 16.0 Å². The van der Waals surface area contributed by atoms with E-state index in [1.807, 2.05) is 0 Å². The Morgan fingerprint density at radius 1 is 1.40 bits per heavy atom. The Kier molecular flexibility index (Phi) is 8.42. The highest BCUT2D eigenvalue weighted by Crippen LogP contribution is 2.09. The van der Waals surface area contributed by atoms with Crippen LogP contribution in [-0.4, -0.2) is 40.2 Å². The van der Waals surface area contributed by atoms with E-state index in [1.54, 1.807) is 43.0 Å². The van der Waals surface area contributed by atoms with Crippen molar-refractivity contribution in [3.8, 4) is 12.3 Å². The van der Waals surface area contributed by atoms with Crippen LogP contribution in [0.5, 0.6) is 0 Å². The molecule has 1 heterocycles. The van der Waals surface area contributed by atoms with E-state index in [9.17, 15) is 4.79 Å². The Labute approximate surface area is 163 Å². The molecule has 2 rings (SSSR count). The second kappa shape index (κ2) is 10.3. The summed E-state index contributed by atoms with van der Waals surface area (Å²) in [5.74, 6) is 3.57. The lowest BCUT2D eigenvalue weighted by Gasteiger charge is -2.11. The van der Waals surface area contributed by atoms with E-state index >= 15 is 0 Å². The van der Waals surface area contributed by atoms with Gasteiger partial charge in [-0.3, -0.25) is 14.5 Å². The molecule has 0 fully saturated rings. The van der Waals surface area contributed by atoms with Gasteiger partial charge in [0.1, 0.15) is 12.2 Å². The van der Waals surface area contributed by atoms with Crippen LogP contribution in [0.25, 0.3) is 0 Å². The molecule has 3 N–H and O–H groups in total. The summed E-state index contributed by atoms with van der Waals surface area (Å²) in [6.07, 6.45) is 6.82. The van der Waals surface area contributed by atoms with Crippen LogP contribution in [0.3, 0.4) is 0 Å². The highest BCUT2D eigenvalue weighted by Gasteiger charge is 2.06. The van der Waals surface area contributed by atoms with E-state index in [0.29, 0.717) is 23.8 Å². The van der Waals surface area contributed by atoms with Crippen molar-refractivity contribution in [2.24, 2.45) is 12.0 Å². The second-order valence-corrected chi connectivity index (χ2v) is 4.85. The molecular weight excluding hydrogens is 433 g/mol. The Hall–Kier alpha value is -2.61. The van der Waals surface area contributed by atoms with Gasteiger partial charge in [0.25, 0.3) is 0 Å². The van der Waals surface area contributed by atoms with Gasteiger partial charge in [-0.2, -0.15) is 5.10 Å². The minimum Gasteiger partial charge on any atom is -0.349 e. The lowest BCUT2D eigenvalue weighted by Crippen LogP contribution is -2.41. The molecule has 0 spiro atoms. The molecule has 0 atom stereocenters. The third-order valence-electron chi connectivity index (χ3n) is 3.17. The number of carbonyl (C=O) groups is 1. The van der Waals surface area contributed by atoms with Gasteiger partial charge in [-0.05, 0) is 18.2 Å². The predicted molar refractivity (Wildman–Crippen MR) is 108 cm³/mol. The number of nitrogens with zero attached hydrogens (tertiary/aromatic N) is 4. The van der Waals surface area contributed by atoms with Gasteiger partial charge in [-0.1, -0.05) is 12.0 Å². The monoisotopic (exact) mass is 453 g/mol. The topological polar surface area (TPSA) is 96.2 Å². The highest BCUT2D eigenvalue weighted by molar-refractivity contribution is 14.0. The van der Waals surface area contributed by atoms with Crippen LogP contribution in [0, 0.1) is 12.3 Å². The van der Waals surface area contributed by atoms with Crippen molar-refractivity contribution in [2.45, 2.75) is 6.54 Å². The van der Waals surface area contributed by atoms with Crippen molar-refractivity contribution in [1.82, 2.24) is 25.4 Å². The number of amides is 1. The number of carbonyl (C=O) groups excluding carboxylic acids is 1. The number of benzene rings is 1. The number of hydrogen-bond acceptors (Lipinski definition) is 4. The Morgan fingerprint density at radius 2 is 2.20 bits per heavy atom. The van der Waals surface area contributed by atoms with Gasteiger partial charge < -0.3 is 16.0 Å². The fourth-order valence-corrected chi connectivity index (χ4v) is 1.92. The number of rotatable bonds is 5. The summed E-state index contributed by atoms with van der Waals surface area (Å²) in [4.78, 5) is 20.1. The molecule has 0 saturated carbocycles. The average molecular weight is 453 g/mol. The van der Waals surface area contributed by atoms with E-state index in [0.717, 1.165) is 5.82 Å². The van der Waals surface area contributed by atoms with E-state index < -0.39 is 0 Å². The number of halogens is 1. The highest BCUT2D eigenvalue weighted by atomic mass is 127. The first-order chi connectivity index (χ1) is 11.6. The predicted octanol–water partition coefficient (Wildman–Crippen LogP) is 0.718. The van der Waals surface area contributed by atoms with E-state index in [1.165, 1.54) is 6.33 Å². The zero-order valence-electron chi connectivity index (χ0n) is 14.0. The van der Waals surface area contributed by atoms with Crippen LogP contribution in [0.1, 0.15) is 11.4 Å². The Balaban J connectivity index is 0.00000312.